The molecule has 0 amide bonds. The first-order valence-electron chi connectivity index (χ1n) is 48.9. The zero-order valence-electron chi connectivity index (χ0n) is 79.9. The smallest absolute Gasteiger partial charge is 0.160 e. The second-order valence-corrected chi connectivity index (χ2v) is 41.0. The van der Waals surface area contributed by atoms with Gasteiger partial charge in [0.05, 0.1) is 4.99 Å². The standard InChI is InChI=1S/2C19H24O2.3C18H22O3.2C8H10.3CH4.2H2S/c1-11-3-7-16-14-4-5-15-12(6-8-17(20)18(15)21)13(14)9-10-19(11,16)2;1-11-3-6-16-14-5-4-12-9-17(20)18(21)10-15(12)13(14)7-8-19(11,16)2;1-18-9-8-11-10-4-6-15(19)17(21)13(10)3-2-12(11)14(18)5-7-16(18)20;2*1-18-7-6-11-12(14(18)4-5-17(18)21)3-2-10-8-15(19)16(20)9-13(10)11;2*1-7-3-5-8(2)6-4-7;;;;;/h6,8,13-14,16,20-21H,1,3-5,7,9-10H2,2H3;9-10,13-14,16,20-21H,1,3-8H2,2H3;4,6,11-12,14,19,21H,2-3,5,7-9H2,1H3;2*8-9,11-12,14,19-20H,2-7H2,1H3;2*3-6H,1-2H3;3*1H4;2*1H2/i;;;5D2,8D,9D;;;;;;;;/hT2. The molecule has 15 heteroatoms. The Morgan fingerprint density at radius 3 is 0.976 bits per heavy atom. The number of ketones is 3. The lowest BCUT2D eigenvalue weighted by atomic mass is 9.55. The van der Waals surface area contributed by atoms with Crippen molar-refractivity contribution >= 4 is 44.1 Å². The van der Waals surface area contributed by atoms with E-state index in [0.717, 1.165) is 138 Å². The number of carbonyl (C=O) groups excluding carboxylic acids is 3. The van der Waals surface area contributed by atoms with Gasteiger partial charge in [-0.05, 0) is 394 Å². The zero-order valence-corrected chi connectivity index (χ0v) is 75.7. The van der Waals surface area contributed by atoms with Crippen LogP contribution in [0, 0.1) is 114 Å². The minimum atomic E-state index is -1.80. The van der Waals surface area contributed by atoms with E-state index < -0.39 is 23.3 Å². The van der Waals surface area contributed by atoms with Crippen LogP contribution >= 0.6 is 26.8 Å². The van der Waals surface area contributed by atoms with E-state index in [1.807, 2.05) is 25.1 Å². The number of Topliss-reactive ketones (excluding diaryl/α,β-unsaturated/α-hetero) is 3. The van der Waals surface area contributed by atoms with E-state index in [-0.39, 0.29) is 121 Å². The highest BCUT2D eigenvalue weighted by molar-refractivity contribution is 7.59. The molecule has 126 heavy (non-hydrogen) atoms. The molecule has 0 bridgehead atoms. The van der Waals surface area contributed by atoms with Gasteiger partial charge < -0.3 is 51.1 Å². The van der Waals surface area contributed by atoms with Gasteiger partial charge in [0.1, 0.15) is 17.3 Å². The molecule has 0 spiro atoms. The molecule has 0 heterocycles. The third-order valence-electron chi connectivity index (χ3n) is 35.1. The van der Waals surface area contributed by atoms with Crippen LogP contribution in [0.1, 0.15) is 330 Å². The average molecular weight is 1760 g/mol. The lowest BCUT2D eigenvalue weighted by Crippen LogP contribution is -2.42. The summed E-state index contributed by atoms with van der Waals surface area (Å²) in [6.07, 6.45) is 26.4. The fourth-order valence-electron chi connectivity index (χ4n) is 27.9. The predicted octanol–water partition coefficient (Wildman–Crippen LogP) is 26.3. The van der Waals surface area contributed by atoms with Crippen molar-refractivity contribution in [2.45, 2.75) is 307 Å². The van der Waals surface area contributed by atoms with Crippen molar-refractivity contribution in [3.63, 3.8) is 0 Å². The number of hydrogen-bond acceptors (Lipinski definition) is 13. The second kappa shape index (κ2) is 38.4. The Bertz CT molecular complexity index is 5010. The molecule has 20 unspecified atom stereocenters. The van der Waals surface area contributed by atoms with Gasteiger partial charge >= 0.3 is 0 Å². The summed E-state index contributed by atoms with van der Waals surface area (Å²) in [4.78, 5) is 37.2. The molecular weight excluding hydrogens is 1610 g/mol. The van der Waals surface area contributed by atoms with Gasteiger partial charge in [0.15, 0.2) is 57.5 Å². The number of fused-ring (bicyclic) bond motifs is 25. The first kappa shape index (κ1) is 89.7. The van der Waals surface area contributed by atoms with Crippen molar-refractivity contribution in [1.82, 2.24) is 0 Å². The summed E-state index contributed by atoms with van der Waals surface area (Å²) in [5.41, 5.74) is 18.7. The summed E-state index contributed by atoms with van der Waals surface area (Å²) in [6, 6.07) is 31.2. The van der Waals surface area contributed by atoms with E-state index in [9.17, 15) is 65.4 Å². The lowest BCUT2D eigenvalue weighted by Gasteiger charge is -2.49. The van der Waals surface area contributed by atoms with Gasteiger partial charge in [-0.2, -0.15) is 26.8 Å². The minimum Gasteiger partial charge on any atom is -0.504 e. The van der Waals surface area contributed by atoms with Crippen LogP contribution < -0.4 is 0 Å². The predicted molar refractivity (Wildman–Crippen MR) is 518 cm³/mol. The van der Waals surface area contributed by atoms with E-state index >= 15 is 0 Å². The largest absolute Gasteiger partial charge is 0.504 e. The van der Waals surface area contributed by atoms with Gasteiger partial charge in [-0.15, -0.1) is 0 Å². The first-order chi connectivity index (χ1) is 61.2. The molecule has 22 rings (SSSR count). The van der Waals surface area contributed by atoms with Crippen LogP contribution in [0.3, 0.4) is 0 Å². The molecule has 13 nitrogen and oxygen atoms in total. The molecule has 20 atom stereocenters. The van der Waals surface area contributed by atoms with Crippen LogP contribution in [0.4, 0.5) is 0 Å². The molecule has 7 aromatic carbocycles. The van der Waals surface area contributed by atoms with Crippen LogP contribution in [0.25, 0.3) is 0 Å². The number of phenolic OH excluding ortho intramolecular Hbond substituents is 10. The SMILES string of the molecule is C.C.C.C=C1CCC2C3CCc4c(ccc(O)c4O)C3CCC12C.C=C1CCC2C3CCc4cc(O)c(O)cc4C3CCC12C.CC12CCC3c4cc(O)c(O)cc4CCC3C1CCC2=O.CC12CCC3c4ccc(O)c(O)c4CCC3C1CCC2=O.Cc1ccc(C)cc1.Cc1ccc(C)cc1.[2H]c1c(O)c(O)c([2H])c2c1CCC1C2CCC2(C)C(=O)C([2H])([2H])CC12.[3H]S.[3H]S. The Labute approximate surface area is 774 Å². The molecule has 0 aliphatic heterocycles. The summed E-state index contributed by atoms with van der Waals surface area (Å²) in [6.45, 7) is 28.1. The van der Waals surface area contributed by atoms with Gasteiger partial charge in [0.25, 0.3) is 0 Å². The Morgan fingerprint density at radius 1 is 0.317 bits per heavy atom. The molecule has 15 aliphatic carbocycles. The van der Waals surface area contributed by atoms with E-state index in [1.54, 1.807) is 30.3 Å². The number of benzene rings is 7. The normalized spacial score (nSPS) is 33.6. The van der Waals surface area contributed by atoms with Gasteiger partial charge in [-0.1, -0.05) is 164 Å². The molecule has 684 valence electrons. The average Bonchev–Trinajstić information content (AvgIpc) is 1.61. The maximum Gasteiger partial charge on any atom is 0.160 e. The highest BCUT2D eigenvalue weighted by atomic mass is 32.1. The van der Waals surface area contributed by atoms with Crippen molar-refractivity contribution in [3.8, 4) is 57.5 Å². The number of aryl methyl sites for hydroxylation is 6. The van der Waals surface area contributed by atoms with Crippen LogP contribution in [-0.4, -0.2) is 70.7 Å². The van der Waals surface area contributed by atoms with Crippen molar-refractivity contribution in [2.75, 3.05) is 0 Å². The highest BCUT2D eigenvalue weighted by Crippen LogP contribution is 2.68. The number of allylic oxidation sites excluding steroid dienone is 2. The molecule has 10 fully saturated rings. The molecule has 0 radical (unpaired) electrons. The van der Waals surface area contributed by atoms with E-state index in [2.05, 4.69) is 144 Å². The van der Waals surface area contributed by atoms with Crippen molar-refractivity contribution in [1.29, 1.82) is 2.25 Å². The Kier molecular flexibility index (Phi) is 27.3. The maximum absolute atomic E-state index is 12.6. The quantitative estimate of drug-likeness (QED) is 0.0502. The van der Waals surface area contributed by atoms with E-state index in [0.29, 0.717) is 100 Å². The Hall–Kier alpha value is -8.27. The topological polar surface area (TPSA) is 254 Å². The van der Waals surface area contributed by atoms with E-state index in [4.69, 9.17) is 7.73 Å². The van der Waals surface area contributed by atoms with Crippen LogP contribution in [0.2, 0.25) is 0 Å². The van der Waals surface area contributed by atoms with Crippen molar-refractivity contribution in [2.24, 2.45) is 86.3 Å². The van der Waals surface area contributed by atoms with E-state index in [1.165, 1.54) is 125 Å². The van der Waals surface area contributed by atoms with Crippen LogP contribution in [0.15, 0.2) is 133 Å². The monoisotopic (exact) mass is 1760 g/mol. The van der Waals surface area contributed by atoms with Crippen molar-refractivity contribution < 1.29 is 70.9 Å². The van der Waals surface area contributed by atoms with Crippen molar-refractivity contribution in [3.05, 3.63) is 211 Å². The second-order valence-electron chi connectivity index (χ2n) is 41.0. The van der Waals surface area contributed by atoms with Gasteiger partial charge in [-0.3, -0.25) is 14.4 Å². The summed E-state index contributed by atoms with van der Waals surface area (Å²) in [5.74, 6) is 6.85. The molecule has 15 aliphatic rings. The molecular formula is C111H150O13S2. The fourth-order valence-corrected chi connectivity index (χ4v) is 27.9. The zero-order chi connectivity index (χ0) is 93.4. The Balaban J connectivity index is 0.000000150. The first-order valence-corrected chi connectivity index (χ1v) is 46.0. The van der Waals surface area contributed by atoms with Gasteiger partial charge in [0.2, 0.25) is 0 Å². The summed E-state index contributed by atoms with van der Waals surface area (Å²) in [5, 5.41) is 98.8. The molecule has 10 N–H and O–H groups in total. The fraction of sp³-hybridized carbons (Fsp3) is 0.559. The third kappa shape index (κ3) is 17.7. The van der Waals surface area contributed by atoms with Crippen LogP contribution in [0.5, 0.6) is 57.5 Å². The maximum atomic E-state index is 12.6. The lowest BCUT2D eigenvalue weighted by molar-refractivity contribution is -0.130. The Morgan fingerprint density at radius 2 is 0.603 bits per heavy atom. The third-order valence-corrected chi connectivity index (χ3v) is 35.1. The van der Waals surface area contributed by atoms with Crippen LogP contribution in [-0.2, 0) is 46.5 Å². The number of rotatable bonds is 0. The van der Waals surface area contributed by atoms with Gasteiger partial charge in [-0.25, -0.2) is 0 Å². The molecule has 0 saturated heterocycles. The minimum absolute atomic E-state index is 0. The summed E-state index contributed by atoms with van der Waals surface area (Å²) in [7, 11) is 0. The number of aromatic hydroxyl groups is 10. The summed E-state index contributed by atoms with van der Waals surface area (Å²) >= 11 is 5.56. The summed E-state index contributed by atoms with van der Waals surface area (Å²) < 4.78 is 43.4. The molecule has 7 aromatic rings. The number of hydrogen-bond donors (Lipinski definition) is 10. The van der Waals surface area contributed by atoms with Gasteiger partial charge in [0, 0.05) is 49.3 Å². The molecule has 0 aromatic heterocycles. The number of phenols is 10. The number of carbonyl (C=O) groups is 3. The highest BCUT2D eigenvalue weighted by Gasteiger charge is 2.59. The molecule has 10 saturated carbocycles.